The molecule has 0 aliphatic carbocycles. The van der Waals surface area contributed by atoms with Crippen LogP contribution >= 0.6 is 0 Å². The van der Waals surface area contributed by atoms with Crippen molar-refractivity contribution < 1.29 is 9.53 Å². The Morgan fingerprint density at radius 1 is 1.32 bits per heavy atom. The van der Waals surface area contributed by atoms with Gasteiger partial charge in [0.1, 0.15) is 23.7 Å². The fourth-order valence-electron chi connectivity index (χ4n) is 2.49. The molecule has 0 saturated heterocycles. The molecule has 2 heterocycles. The molecule has 0 bridgehead atoms. The number of amides is 1. The number of nitrogens with one attached hydrogen (secondary N) is 1. The van der Waals surface area contributed by atoms with E-state index in [-0.39, 0.29) is 11.8 Å². The van der Waals surface area contributed by atoms with E-state index in [1.165, 1.54) is 6.33 Å². The summed E-state index contributed by atoms with van der Waals surface area (Å²) in [5.74, 6) is 1.75. The Hall–Kier alpha value is -2.63. The van der Waals surface area contributed by atoms with Crippen molar-refractivity contribution in [1.29, 1.82) is 0 Å². The lowest BCUT2D eigenvalue weighted by molar-refractivity contribution is -0.118. The highest BCUT2D eigenvalue weighted by Gasteiger charge is 2.27. The van der Waals surface area contributed by atoms with Gasteiger partial charge < -0.3 is 15.0 Å². The minimum Gasteiger partial charge on any atom is -0.493 e. The molecule has 0 radical (unpaired) electrons. The number of aromatic nitrogens is 2. The minimum absolute atomic E-state index is 0.0702. The maximum absolute atomic E-state index is 12.6. The summed E-state index contributed by atoms with van der Waals surface area (Å²) in [6.07, 6.45) is 2.11. The number of nitrogens with zero attached hydrogens (tertiary/aromatic N) is 3. The van der Waals surface area contributed by atoms with E-state index in [1.807, 2.05) is 43.3 Å². The summed E-state index contributed by atoms with van der Waals surface area (Å²) in [7, 11) is 3.78. The van der Waals surface area contributed by atoms with E-state index in [1.54, 1.807) is 6.07 Å². The van der Waals surface area contributed by atoms with Crippen LogP contribution in [0.3, 0.4) is 0 Å². The summed E-state index contributed by atoms with van der Waals surface area (Å²) in [5, 5.41) is 2.88. The fourth-order valence-corrected chi connectivity index (χ4v) is 2.49. The van der Waals surface area contributed by atoms with Crippen LogP contribution in [0.2, 0.25) is 0 Å². The van der Waals surface area contributed by atoms with Crippen LogP contribution in [0.5, 0.6) is 5.75 Å². The summed E-state index contributed by atoms with van der Waals surface area (Å²) in [6, 6.07) is 9.41. The molecular weight excluding hydrogens is 280 g/mol. The molecule has 1 aliphatic rings. The van der Waals surface area contributed by atoms with Crippen molar-refractivity contribution in [3.8, 4) is 5.75 Å². The lowest BCUT2D eigenvalue weighted by Gasteiger charge is -2.25. The largest absolute Gasteiger partial charge is 0.493 e. The second-order valence-electron chi connectivity index (χ2n) is 5.37. The zero-order valence-electron chi connectivity index (χ0n) is 12.6. The van der Waals surface area contributed by atoms with Crippen molar-refractivity contribution in [2.24, 2.45) is 0 Å². The summed E-state index contributed by atoms with van der Waals surface area (Å²) in [4.78, 5) is 22.7. The molecule has 114 valence electrons. The molecule has 1 unspecified atom stereocenters. The third-order valence-electron chi connectivity index (χ3n) is 3.64. The van der Waals surface area contributed by atoms with Gasteiger partial charge in [-0.25, -0.2) is 9.97 Å². The second kappa shape index (κ2) is 6.01. The van der Waals surface area contributed by atoms with Gasteiger partial charge in [-0.05, 0) is 12.5 Å². The first kappa shape index (κ1) is 14.3. The summed E-state index contributed by atoms with van der Waals surface area (Å²) in [6.45, 7) is 0.543. The van der Waals surface area contributed by atoms with Crippen molar-refractivity contribution in [3.05, 3.63) is 42.2 Å². The highest BCUT2D eigenvalue weighted by atomic mass is 16.5. The van der Waals surface area contributed by atoms with Gasteiger partial charge in [0.05, 0.1) is 12.5 Å². The van der Waals surface area contributed by atoms with Crippen LogP contribution in [-0.4, -0.2) is 36.6 Å². The minimum atomic E-state index is -0.220. The Labute approximate surface area is 129 Å². The van der Waals surface area contributed by atoms with Crippen LogP contribution < -0.4 is 15.0 Å². The van der Waals surface area contributed by atoms with E-state index in [0.717, 1.165) is 17.1 Å². The molecule has 22 heavy (non-hydrogen) atoms. The van der Waals surface area contributed by atoms with Crippen LogP contribution in [0.25, 0.3) is 0 Å². The third-order valence-corrected chi connectivity index (χ3v) is 3.64. The van der Waals surface area contributed by atoms with Gasteiger partial charge in [0.15, 0.2) is 0 Å². The lowest BCUT2D eigenvalue weighted by atomic mass is 9.92. The maximum atomic E-state index is 12.6. The Morgan fingerprint density at radius 2 is 2.14 bits per heavy atom. The topological polar surface area (TPSA) is 67.4 Å². The molecule has 0 fully saturated rings. The van der Waals surface area contributed by atoms with Crippen LogP contribution in [-0.2, 0) is 4.79 Å². The molecule has 1 N–H and O–H groups in total. The van der Waals surface area contributed by atoms with Gasteiger partial charge in [-0.1, -0.05) is 18.2 Å². The summed E-state index contributed by atoms with van der Waals surface area (Å²) < 4.78 is 5.59. The van der Waals surface area contributed by atoms with Gasteiger partial charge in [0, 0.05) is 25.7 Å². The van der Waals surface area contributed by atoms with Crippen LogP contribution in [0.4, 0.5) is 11.6 Å². The molecule has 0 saturated carbocycles. The van der Waals surface area contributed by atoms with Crippen LogP contribution in [0.15, 0.2) is 36.7 Å². The maximum Gasteiger partial charge on any atom is 0.233 e. The first-order chi connectivity index (χ1) is 10.6. The summed E-state index contributed by atoms with van der Waals surface area (Å²) >= 11 is 0. The Morgan fingerprint density at radius 3 is 2.95 bits per heavy atom. The normalized spacial score (nSPS) is 16.4. The number of benzene rings is 1. The van der Waals surface area contributed by atoms with Crippen molar-refractivity contribution in [2.75, 3.05) is 30.9 Å². The average molecular weight is 298 g/mol. The second-order valence-corrected chi connectivity index (χ2v) is 5.37. The third kappa shape index (κ3) is 2.86. The number of ether oxygens (including phenoxy) is 1. The zero-order valence-corrected chi connectivity index (χ0v) is 12.6. The number of carbonyl (C=O) groups is 1. The van der Waals surface area contributed by atoms with Gasteiger partial charge in [-0.15, -0.1) is 0 Å². The first-order valence-corrected chi connectivity index (χ1v) is 7.17. The standard InChI is InChI=1S/C16H18N4O2/c1-20(2)15-9-14(17-10-18-15)19-16(21)12-7-8-22-13-6-4-3-5-11(12)13/h3-6,9-10,12H,7-8H2,1-2H3,(H,17,18,19,21). The number of fused-ring (bicyclic) bond motifs is 1. The zero-order chi connectivity index (χ0) is 15.5. The van der Waals surface area contributed by atoms with E-state index in [0.29, 0.717) is 18.8 Å². The van der Waals surface area contributed by atoms with E-state index >= 15 is 0 Å². The molecule has 0 spiro atoms. The van der Waals surface area contributed by atoms with E-state index in [9.17, 15) is 4.79 Å². The fraction of sp³-hybridized carbons (Fsp3) is 0.312. The smallest absolute Gasteiger partial charge is 0.233 e. The molecule has 2 aromatic rings. The number of hydrogen-bond acceptors (Lipinski definition) is 5. The van der Waals surface area contributed by atoms with Crippen molar-refractivity contribution >= 4 is 17.5 Å². The average Bonchev–Trinajstić information content (AvgIpc) is 2.54. The van der Waals surface area contributed by atoms with Crippen LogP contribution in [0.1, 0.15) is 17.9 Å². The van der Waals surface area contributed by atoms with Crippen molar-refractivity contribution in [2.45, 2.75) is 12.3 Å². The van der Waals surface area contributed by atoms with Crippen molar-refractivity contribution in [1.82, 2.24) is 9.97 Å². The van der Waals surface area contributed by atoms with E-state index in [2.05, 4.69) is 15.3 Å². The monoisotopic (exact) mass is 298 g/mol. The Kier molecular flexibility index (Phi) is 3.91. The van der Waals surface area contributed by atoms with E-state index in [4.69, 9.17) is 4.74 Å². The molecular formula is C16H18N4O2. The Balaban J connectivity index is 1.80. The van der Waals surface area contributed by atoms with Gasteiger partial charge >= 0.3 is 0 Å². The Bertz CT molecular complexity index is 687. The molecule has 1 atom stereocenters. The summed E-state index contributed by atoms with van der Waals surface area (Å²) in [5.41, 5.74) is 0.924. The highest BCUT2D eigenvalue weighted by Crippen LogP contribution is 2.34. The molecule has 1 aromatic heterocycles. The molecule has 6 heteroatoms. The number of para-hydroxylation sites is 1. The predicted octanol–water partition coefficient (Wildman–Crippen LogP) is 2.05. The van der Waals surface area contributed by atoms with Gasteiger partial charge in [0.2, 0.25) is 5.91 Å². The number of carbonyl (C=O) groups excluding carboxylic acids is 1. The SMILES string of the molecule is CN(C)c1cc(NC(=O)C2CCOc3ccccc32)ncn1. The number of rotatable bonds is 3. The molecule has 1 amide bonds. The lowest BCUT2D eigenvalue weighted by Crippen LogP contribution is -2.27. The highest BCUT2D eigenvalue weighted by molar-refractivity contribution is 5.95. The molecule has 1 aliphatic heterocycles. The van der Waals surface area contributed by atoms with Gasteiger partial charge in [-0.2, -0.15) is 0 Å². The number of hydrogen-bond donors (Lipinski definition) is 1. The molecule has 6 nitrogen and oxygen atoms in total. The van der Waals surface area contributed by atoms with Crippen LogP contribution in [0, 0.1) is 0 Å². The van der Waals surface area contributed by atoms with Gasteiger partial charge in [-0.3, -0.25) is 4.79 Å². The predicted molar refractivity (Wildman–Crippen MR) is 84.3 cm³/mol. The quantitative estimate of drug-likeness (QED) is 0.939. The molecule has 1 aromatic carbocycles. The first-order valence-electron chi connectivity index (χ1n) is 7.17. The van der Waals surface area contributed by atoms with E-state index < -0.39 is 0 Å². The van der Waals surface area contributed by atoms with Gasteiger partial charge in [0.25, 0.3) is 0 Å². The number of anilines is 2. The molecule has 3 rings (SSSR count). The van der Waals surface area contributed by atoms with Crippen molar-refractivity contribution in [3.63, 3.8) is 0 Å².